The number of aromatic nitrogens is 3. The first kappa shape index (κ1) is 23.8. The standard InChI is InChI=1S/C26H24FN5O3S/c1-17(33)30-9-11-31(12-10-30)25(34)18-7-8-21-23(13-18)32(16-24(21)36(2)35)26-28-14-19(15-29-26)20-5-3-4-6-22(20)27/h3-8,13-16H,9-12H2,1-2H3. The molecule has 10 heteroatoms. The molecule has 0 N–H and O–H groups in total. The molecule has 1 unspecified atom stereocenters. The number of rotatable bonds is 4. The van der Waals surface area contributed by atoms with Crippen molar-refractivity contribution in [3.8, 4) is 17.1 Å². The highest BCUT2D eigenvalue weighted by molar-refractivity contribution is 7.84. The van der Waals surface area contributed by atoms with Crippen LogP contribution >= 0.6 is 0 Å². The highest BCUT2D eigenvalue weighted by Gasteiger charge is 2.24. The van der Waals surface area contributed by atoms with E-state index < -0.39 is 10.8 Å². The summed E-state index contributed by atoms with van der Waals surface area (Å²) in [7, 11) is -1.28. The Morgan fingerprint density at radius 2 is 1.64 bits per heavy atom. The van der Waals surface area contributed by atoms with Gasteiger partial charge in [-0.25, -0.2) is 14.4 Å². The molecule has 2 aromatic carbocycles. The van der Waals surface area contributed by atoms with Crippen LogP contribution in [0.25, 0.3) is 28.0 Å². The van der Waals surface area contributed by atoms with Crippen LogP contribution in [0, 0.1) is 5.82 Å². The first-order valence-corrected chi connectivity index (χ1v) is 13.0. The van der Waals surface area contributed by atoms with Crippen molar-refractivity contribution in [1.82, 2.24) is 24.3 Å². The summed E-state index contributed by atoms with van der Waals surface area (Å²) in [6, 6.07) is 11.7. The number of amides is 2. The Morgan fingerprint density at radius 1 is 0.972 bits per heavy atom. The van der Waals surface area contributed by atoms with Crippen molar-refractivity contribution in [1.29, 1.82) is 0 Å². The predicted molar refractivity (Wildman–Crippen MR) is 135 cm³/mol. The molecule has 0 spiro atoms. The van der Waals surface area contributed by atoms with Crippen LogP contribution < -0.4 is 0 Å². The van der Waals surface area contributed by atoms with E-state index in [1.807, 2.05) is 0 Å². The molecule has 5 rings (SSSR count). The van der Waals surface area contributed by atoms with Gasteiger partial charge in [-0.3, -0.25) is 18.4 Å². The lowest BCUT2D eigenvalue weighted by Crippen LogP contribution is -2.50. The number of piperazine rings is 1. The molecule has 0 radical (unpaired) electrons. The van der Waals surface area contributed by atoms with Crippen molar-refractivity contribution in [3.63, 3.8) is 0 Å². The van der Waals surface area contributed by atoms with Crippen LogP contribution in [0.5, 0.6) is 0 Å². The molecular formula is C26H24FN5O3S. The Morgan fingerprint density at radius 3 is 2.28 bits per heavy atom. The molecule has 36 heavy (non-hydrogen) atoms. The normalized spacial score (nSPS) is 14.8. The van der Waals surface area contributed by atoms with Gasteiger partial charge in [-0.15, -0.1) is 0 Å². The summed E-state index contributed by atoms with van der Waals surface area (Å²) in [6.45, 7) is 3.45. The number of hydrogen-bond acceptors (Lipinski definition) is 5. The van der Waals surface area contributed by atoms with Gasteiger partial charge < -0.3 is 9.80 Å². The first-order valence-electron chi connectivity index (χ1n) is 11.4. The molecule has 1 atom stereocenters. The van der Waals surface area contributed by atoms with E-state index in [4.69, 9.17) is 0 Å². The third kappa shape index (κ3) is 4.39. The molecule has 1 aliphatic heterocycles. The smallest absolute Gasteiger partial charge is 0.254 e. The molecule has 8 nitrogen and oxygen atoms in total. The minimum absolute atomic E-state index is 0.00228. The molecule has 1 aliphatic rings. The van der Waals surface area contributed by atoms with Gasteiger partial charge in [0.25, 0.3) is 5.91 Å². The van der Waals surface area contributed by atoms with Crippen LogP contribution in [0.4, 0.5) is 4.39 Å². The average molecular weight is 506 g/mol. The van der Waals surface area contributed by atoms with Gasteiger partial charge in [-0.2, -0.15) is 0 Å². The van der Waals surface area contributed by atoms with Crippen molar-refractivity contribution in [2.45, 2.75) is 11.8 Å². The summed E-state index contributed by atoms with van der Waals surface area (Å²) < 4.78 is 28.3. The highest BCUT2D eigenvalue weighted by atomic mass is 32.2. The molecule has 3 heterocycles. The SMILES string of the molecule is CC(=O)N1CCN(C(=O)c2ccc3c(S(C)=O)cn(-c4ncc(-c5ccccc5F)cn4)c3c2)CC1. The molecule has 1 fully saturated rings. The number of benzene rings is 2. The van der Waals surface area contributed by atoms with E-state index in [0.717, 1.165) is 5.39 Å². The maximum absolute atomic E-state index is 14.2. The van der Waals surface area contributed by atoms with Gasteiger partial charge in [0.15, 0.2) is 0 Å². The van der Waals surface area contributed by atoms with Gasteiger partial charge in [0.05, 0.1) is 21.2 Å². The lowest BCUT2D eigenvalue weighted by molar-refractivity contribution is -0.130. The molecule has 0 bridgehead atoms. The van der Waals surface area contributed by atoms with Crippen LogP contribution in [-0.2, 0) is 15.6 Å². The van der Waals surface area contributed by atoms with E-state index in [1.54, 1.807) is 75.6 Å². The van der Waals surface area contributed by atoms with E-state index in [0.29, 0.717) is 59.2 Å². The highest BCUT2D eigenvalue weighted by Crippen LogP contribution is 2.28. The van der Waals surface area contributed by atoms with Crippen LogP contribution in [-0.4, -0.2) is 72.8 Å². The number of nitrogens with zero attached hydrogens (tertiary/aromatic N) is 5. The van der Waals surface area contributed by atoms with Crippen molar-refractivity contribution in [2.75, 3.05) is 32.4 Å². The van der Waals surface area contributed by atoms with Crippen molar-refractivity contribution >= 4 is 33.5 Å². The Balaban J connectivity index is 1.50. The molecule has 0 saturated carbocycles. The maximum atomic E-state index is 14.2. The van der Waals surface area contributed by atoms with Crippen molar-refractivity contribution < 1.29 is 18.2 Å². The number of fused-ring (bicyclic) bond motifs is 1. The zero-order chi connectivity index (χ0) is 25.4. The van der Waals surface area contributed by atoms with E-state index in [2.05, 4.69) is 9.97 Å². The topological polar surface area (TPSA) is 88.4 Å². The lowest BCUT2D eigenvalue weighted by atomic mass is 10.1. The Hall–Kier alpha value is -3.92. The van der Waals surface area contributed by atoms with Gasteiger partial charge in [-0.05, 0) is 18.2 Å². The average Bonchev–Trinajstić information content (AvgIpc) is 3.28. The van der Waals surface area contributed by atoms with Crippen LogP contribution in [0.2, 0.25) is 0 Å². The quantitative estimate of drug-likeness (QED) is 0.425. The van der Waals surface area contributed by atoms with Crippen molar-refractivity contribution in [2.24, 2.45) is 0 Å². The third-order valence-electron chi connectivity index (χ3n) is 6.38. The van der Waals surface area contributed by atoms with Gasteiger partial charge in [0.2, 0.25) is 11.9 Å². The minimum Gasteiger partial charge on any atom is -0.339 e. The molecule has 2 aromatic heterocycles. The Labute approximate surface area is 209 Å². The second-order valence-corrected chi connectivity index (χ2v) is 9.95. The minimum atomic E-state index is -1.28. The van der Waals surface area contributed by atoms with Gasteiger partial charge in [0.1, 0.15) is 5.82 Å². The van der Waals surface area contributed by atoms with E-state index in [1.165, 1.54) is 13.0 Å². The van der Waals surface area contributed by atoms with E-state index >= 15 is 0 Å². The number of hydrogen-bond donors (Lipinski definition) is 0. The number of carbonyl (C=O) groups is 2. The molecule has 2 amide bonds. The van der Waals surface area contributed by atoms with Crippen molar-refractivity contribution in [3.05, 3.63) is 72.4 Å². The molecule has 184 valence electrons. The van der Waals surface area contributed by atoms with E-state index in [9.17, 15) is 18.2 Å². The van der Waals surface area contributed by atoms with Gasteiger partial charge >= 0.3 is 0 Å². The second-order valence-electron chi connectivity index (χ2n) is 8.60. The monoisotopic (exact) mass is 505 g/mol. The molecule has 1 saturated heterocycles. The summed E-state index contributed by atoms with van der Waals surface area (Å²) in [6.07, 6.45) is 6.38. The van der Waals surface area contributed by atoms with Gasteiger partial charge in [0, 0.05) is 80.0 Å². The Bertz CT molecular complexity index is 1490. The largest absolute Gasteiger partial charge is 0.339 e. The lowest BCUT2D eigenvalue weighted by Gasteiger charge is -2.34. The van der Waals surface area contributed by atoms with Gasteiger partial charge in [-0.1, -0.05) is 24.3 Å². The fraction of sp³-hybridized carbons (Fsp3) is 0.231. The zero-order valence-corrected chi connectivity index (χ0v) is 20.7. The third-order valence-corrected chi connectivity index (χ3v) is 7.32. The summed E-state index contributed by atoms with van der Waals surface area (Å²) in [4.78, 5) is 37.7. The van der Waals surface area contributed by atoms with E-state index in [-0.39, 0.29) is 17.6 Å². The first-order chi connectivity index (χ1) is 17.3. The zero-order valence-electron chi connectivity index (χ0n) is 19.8. The predicted octanol–water partition coefficient (Wildman–Crippen LogP) is 3.27. The molecular weight excluding hydrogens is 481 g/mol. The summed E-state index contributed by atoms with van der Waals surface area (Å²) in [5.41, 5.74) is 2.06. The second kappa shape index (κ2) is 9.62. The fourth-order valence-electron chi connectivity index (χ4n) is 4.41. The number of halogens is 1. The maximum Gasteiger partial charge on any atom is 0.254 e. The summed E-state index contributed by atoms with van der Waals surface area (Å²) in [5.74, 6) is -0.182. The number of carbonyl (C=O) groups excluding carboxylic acids is 2. The summed E-state index contributed by atoms with van der Waals surface area (Å²) >= 11 is 0. The Kier molecular flexibility index (Phi) is 6.36. The van der Waals surface area contributed by atoms with Crippen LogP contribution in [0.3, 0.4) is 0 Å². The summed E-state index contributed by atoms with van der Waals surface area (Å²) in [5, 5.41) is 0.732. The van der Waals surface area contributed by atoms with Crippen LogP contribution in [0.15, 0.2) is 66.0 Å². The molecule has 4 aromatic rings. The fourth-order valence-corrected chi connectivity index (χ4v) is 5.15. The van der Waals surface area contributed by atoms with Crippen LogP contribution in [0.1, 0.15) is 17.3 Å². The molecule has 0 aliphatic carbocycles.